The molecule has 0 saturated carbocycles. The van der Waals surface area contributed by atoms with Crippen LogP contribution in [0, 0.1) is 13.8 Å². The molecule has 3 rings (SSSR count). The highest BCUT2D eigenvalue weighted by molar-refractivity contribution is 6.37. The van der Waals surface area contributed by atoms with Crippen molar-refractivity contribution >= 4 is 33.4 Å². The Morgan fingerprint density at radius 3 is 2.73 bits per heavy atom. The summed E-state index contributed by atoms with van der Waals surface area (Å²) in [7, 11) is 0. The lowest BCUT2D eigenvalue weighted by molar-refractivity contribution is 0.0818. The van der Waals surface area contributed by atoms with E-state index in [1.165, 1.54) is 6.07 Å². The van der Waals surface area contributed by atoms with Gasteiger partial charge in [0.15, 0.2) is 0 Å². The molecule has 0 radical (unpaired) electrons. The predicted molar refractivity (Wildman–Crippen MR) is 87.6 cm³/mol. The molecule has 2 aromatic heterocycles. The summed E-state index contributed by atoms with van der Waals surface area (Å²) >= 11 is 6.29. The molecule has 1 aromatic carbocycles. The van der Waals surface area contributed by atoms with Gasteiger partial charge in [-0.25, -0.2) is 0 Å². The van der Waals surface area contributed by atoms with E-state index < -0.39 is 6.10 Å². The number of hydrogen-bond acceptors (Lipinski definition) is 3. The third kappa shape index (κ3) is 2.22. The standard InChI is InChI=1S/C16H17ClN2O3/c1-8-9(2)19(6-10(21)7-20)13-4-3-12-16(15(8)13)11(17)5-14(22)18-12/h3-5,10,20-21H,6-7H2,1-2H3,(H,18,22). The number of nitrogens with zero attached hydrogens (tertiary/aromatic N) is 1. The minimum Gasteiger partial charge on any atom is -0.394 e. The van der Waals surface area contributed by atoms with Crippen LogP contribution >= 0.6 is 11.6 Å². The Balaban J connectivity index is 2.41. The van der Waals surface area contributed by atoms with Crippen molar-refractivity contribution in [2.75, 3.05) is 6.61 Å². The lowest BCUT2D eigenvalue weighted by Crippen LogP contribution is -2.20. The Morgan fingerprint density at radius 2 is 2.05 bits per heavy atom. The predicted octanol–water partition coefficient (Wildman–Crippen LogP) is 2.11. The van der Waals surface area contributed by atoms with Gasteiger partial charge in [0.25, 0.3) is 0 Å². The van der Waals surface area contributed by atoms with E-state index in [2.05, 4.69) is 4.98 Å². The van der Waals surface area contributed by atoms with Gasteiger partial charge in [-0.2, -0.15) is 0 Å². The van der Waals surface area contributed by atoms with E-state index in [-0.39, 0.29) is 12.2 Å². The lowest BCUT2D eigenvalue weighted by atomic mass is 10.1. The molecule has 116 valence electrons. The number of fused-ring (bicyclic) bond motifs is 3. The maximum Gasteiger partial charge on any atom is 0.249 e. The Labute approximate surface area is 131 Å². The van der Waals surface area contributed by atoms with E-state index in [0.717, 1.165) is 27.5 Å². The first-order valence-corrected chi connectivity index (χ1v) is 7.41. The maximum atomic E-state index is 11.6. The van der Waals surface area contributed by atoms with Crippen LogP contribution in [0.5, 0.6) is 0 Å². The zero-order chi connectivity index (χ0) is 16.0. The van der Waals surface area contributed by atoms with Crippen LogP contribution in [0.15, 0.2) is 23.0 Å². The van der Waals surface area contributed by atoms with Crippen molar-refractivity contribution in [3.63, 3.8) is 0 Å². The molecular formula is C16H17ClN2O3. The quantitative estimate of drug-likeness (QED) is 0.691. The van der Waals surface area contributed by atoms with Gasteiger partial charge in [0.2, 0.25) is 5.56 Å². The fraction of sp³-hybridized carbons (Fsp3) is 0.312. The summed E-state index contributed by atoms with van der Waals surface area (Å²) in [6.07, 6.45) is -0.824. The molecule has 0 bridgehead atoms. The van der Waals surface area contributed by atoms with Gasteiger partial charge in [-0.05, 0) is 31.5 Å². The third-order valence-electron chi connectivity index (χ3n) is 4.16. The van der Waals surface area contributed by atoms with Crippen molar-refractivity contribution in [3.8, 4) is 0 Å². The second-order valence-corrected chi connectivity index (χ2v) is 5.93. The molecule has 1 atom stereocenters. The van der Waals surface area contributed by atoms with Gasteiger partial charge < -0.3 is 19.8 Å². The average molecular weight is 321 g/mol. The number of H-pyrrole nitrogens is 1. The molecule has 0 amide bonds. The molecule has 3 N–H and O–H groups in total. The molecule has 22 heavy (non-hydrogen) atoms. The number of aromatic nitrogens is 2. The van der Waals surface area contributed by atoms with Gasteiger partial charge in [0, 0.05) is 28.0 Å². The number of aliphatic hydroxyl groups excluding tert-OH is 2. The molecule has 0 saturated heterocycles. The zero-order valence-corrected chi connectivity index (χ0v) is 13.1. The van der Waals surface area contributed by atoms with Crippen LogP contribution in [0.4, 0.5) is 0 Å². The van der Waals surface area contributed by atoms with E-state index in [0.29, 0.717) is 17.1 Å². The number of aromatic amines is 1. The maximum absolute atomic E-state index is 11.6. The van der Waals surface area contributed by atoms with Crippen molar-refractivity contribution in [2.24, 2.45) is 0 Å². The Kier molecular flexibility index (Phi) is 3.72. The number of halogens is 1. The summed E-state index contributed by atoms with van der Waals surface area (Å²) in [6.45, 7) is 3.96. The van der Waals surface area contributed by atoms with Crippen molar-refractivity contribution < 1.29 is 10.2 Å². The van der Waals surface area contributed by atoms with Crippen LogP contribution in [0.1, 0.15) is 11.3 Å². The highest BCUT2D eigenvalue weighted by Gasteiger charge is 2.17. The monoisotopic (exact) mass is 320 g/mol. The summed E-state index contributed by atoms with van der Waals surface area (Å²) in [5.74, 6) is 0. The van der Waals surface area contributed by atoms with Gasteiger partial charge in [0.1, 0.15) is 0 Å². The van der Waals surface area contributed by atoms with Crippen LogP contribution in [0.25, 0.3) is 21.8 Å². The average Bonchev–Trinajstić information content (AvgIpc) is 2.71. The minimum atomic E-state index is -0.824. The fourth-order valence-electron chi connectivity index (χ4n) is 2.97. The van der Waals surface area contributed by atoms with E-state index >= 15 is 0 Å². The van der Waals surface area contributed by atoms with Crippen molar-refractivity contribution in [1.29, 1.82) is 0 Å². The van der Waals surface area contributed by atoms with Crippen molar-refractivity contribution in [3.05, 3.63) is 44.8 Å². The van der Waals surface area contributed by atoms with E-state index in [9.17, 15) is 9.90 Å². The third-order valence-corrected chi connectivity index (χ3v) is 4.45. The van der Waals surface area contributed by atoms with Crippen LogP contribution in [-0.4, -0.2) is 32.5 Å². The van der Waals surface area contributed by atoms with Gasteiger partial charge >= 0.3 is 0 Å². The summed E-state index contributed by atoms with van der Waals surface area (Å²) in [5, 5.41) is 21.0. The summed E-state index contributed by atoms with van der Waals surface area (Å²) in [5.41, 5.74) is 3.41. The number of aryl methyl sites for hydroxylation is 1. The summed E-state index contributed by atoms with van der Waals surface area (Å²) < 4.78 is 1.96. The van der Waals surface area contributed by atoms with E-state index in [4.69, 9.17) is 16.7 Å². The Bertz CT molecular complexity index is 927. The number of nitrogens with one attached hydrogen (secondary N) is 1. The van der Waals surface area contributed by atoms with Gasteiger partial charge in [-0.3, -0.25) is 4.79 Å². The molecular weight excluding hydrogens is 304 g/mol. The first kappa shape index (κ1) is 15.1. The second-order valence-electron chi connectivity index (χ2n) is 5.52. The highest BCUT2D eigenvalue weighted by Crippen LogP contribution is 2.34. The SMILES string of the molecule is Cc1c(C)n(CC(O)CO)c2ccc3[nH]c(=O)cc(Cl)c3c12. The number of rotatable bonds is 3. The molecule has 1 unspecified atom stereocenters. The van der Waals surface area contributed by atoms with Crippen LogP contribution in [-0.2, 0) is 6.54 Å². The van der Waals surface area contributed by atoms with Crippen molar-refractivity contribution in [1.82, 2.24) is 9.55 Å². The Hall–Kier alpha value is -1.82. The zero-order valence-electron chi connectivity index (χ0n) is 12.4. The number of pyridine rings is 1. The molecule has 0 spiro atoms. The molecule has 0 aliphatic carbocycles. The number of hydrogen-bond donors (Lipinski definition) is 3. The van der Waals surface area contributed by atoms with Gasteiger partial charge in [-0.1, -0.05) is 11.6 Å². The Morgan fingerprint density at radius 1 is 1.32 bits per heavy atom. The van der Waals surface area contributed by atoms with E-state index in [1.807, 2.05) is 30.5 Å². The molecule has 0 aliphatic rings. The van der Waals surface area contributed by atoms with Crippen LogP contribution in [0.3, 0.4) is 0 Å². The summed E-state index contributed by atoms with van der Waals surface area (Å²) in [6, 6.07) is 5.08. The molecule has 3 aromatic rings. The topological polar surface area (TPSA) is 78.2 Å². The fourth-order valence-corrected chi connectivity index (χ4v) is 3.27. The van der Waals surface area contributed by atoms with Crippen molar-refractivity contribution in [2.45, 2.75) is 26.5 Å². The van der Waals surface area contributed by atoms with Gasteiger partial charge in [-0.15, -0.1) is 0 Å². The number of aliphatic hydroxyl groups is 2. The molecule has 6 heteroatoms. The van der Waals surface area contributed by atoms with Crippen LogP contribution in [0.2, 0.25) is 5.02 Å². The highest BCUT2D eigenvalue weighted by atomic mass is 35.5. The van der Waals surface area contributed by atoms with E-state index in [1.54, 1.807) is 0 Å². The minimum absolute atomic E-state index is 0.235. The molecule has 0 aliphatic heterocycles. The smallest absolute Gasteiger partial charge is 0.249 e. The molecule has 2 heterocycles. The second kappa shape index (κ2) is 5.43. The largest absolute Gasteiger partial charge is 0.394 e. The molecule has 5 nitrogen and oxygen atoms in total. The summed E-state index contributed by atoms with van der Waals surface area (Å²) in [4.78, 5) is 14.4. The number of benzene rings is 1. The lowest BCUT2D eigenvalue weighted by Gasteiger charge is -2.12. The molecule has 0 fully saturated rings. The first-order chi connectivity index (χ1) is 10.4. The van der Waals surface area contributed by atoms with Crippen LogP contribution < -0.4 is 5.56 Å². The van der Waals surface area contributed by atoms with Gasteiger partial charge in [0.05, 0.1) is 29.8 Å². The first-order valence-electron chi connectivity index (χ1n) is 7.04. The normalized spacial score (nSPS) is 13.1.